The molecule has 0 amide bonds. The summed E-state index contributed by atoms with van der Waals surface area (Å²) in [5.41, 5.74) is -0.612. The maximum Gasteiger partial charge on any atom is 0.346 e. The fourth-order valence-electron chi connectivity index (χ4n) is 3.12. The van der Waals surface area contributed by atoms with Crippen LogP contribution in [0.2, 0.25) is 0 Å². The van der Waals surface area contributed by atoms with Crippen LogP contribution in [-0.2, 0) is 6.42 Å². The molecule has 144 valence electrons. The van der Waals surface area contributed by atoms with E-state index in [1.54, 1.807) is 18.2 Å². The summed E-state index contributed by atoms with van der Waals surface area (Å²) in [5, 5.41) is 0.574. The van der Waals surface area contributed by atoms with Crippen molar-refractivity contribution >= 4 is 10.8 Å². The van der Waals surface area contributed by atoms with Crippen LogP contribution in [0.25, 0.3) is 10.8 Å². The minimum absolute atomic E-state index is 0.00853. The van der Waals surface area contributed by atoms with Crippen LogP contribution < -0.4 is 10.4 Å². The van der Waals surface area contributed by atoms with E-state index in [4.69, 9.17) is 9.15 Å². The number of fused-ring (bicyclic) bond motifs is 1. The van der Waals surface area contributed by atoms with Gasteiger partial charge >= 0.3 is 5.63 Å². The molecule has 2 rings (SSSR count). The molecule has 0 saturated carbocycles. The van der Waals surface area contributed by atoms with E-state index in [9.17, 15) is 9.18 Å². The number of halogens is 1. The zero-order chi connectivity index (χ0) is 18.8. The normalized spacial score (nSPS) is 11.2. The molecule has 0 unspecified atom stereocenters. The molecule has 0 spiro atoms. The molecule has 0 aliphatic rings. The Kier molecular flexibility index (Phi) is 8.66. The Bertz CT molecular complexity index is 736. The maximum atomic E-state index is 14.7. The average Bonchev–Trinajstić information content (AvgIpc) is 2.63. The second-order valence-corrected chi connectivity index (χ2v) is 6.92. The fraction of sp³-hybridized carbons (Fsp3) is 0.591. The van der Waals surface area contributed by atoms with Gasteiger partial charge in [0.05, 0.1) is 6.61 Å². The van der Waals surface area contributed by atoms with Crippen LogP contribution in [0.1, 0.15) is 77.4 Å². The van der Waals surface area contributed by atoms with Crippen molar-refractivity contribution < 1.29 is 13.5 Å². The first kappa shape index (κ1) is 20.5. The van der Waals surface area contributed by atoms with Gasteiger partial charge in [-0.05, 0) is 30.4 Å². The molecular formula is C22H31FO3. The Balaban J connectivity index is 2.03. The Morgan fingerprint density at radius 3 is 2.38 bits per heavy atom. The molecule has 26 heavy (non-hydrogen) atoms. The summed E-state index contributed by atoms with van der Waals surface area (Å²) < 4.78 is 25.5. The van der Waals surface area contributed by atoms with Gasteiger partial charge in [-0.15, -0.1) is 0 Å². The van der Waals surface area contributed by atoms with Crippen LogP contribution in [0.5, 0.6) is 5.75 Å². The molecule has 0 radical (unpaired) electrons. The molecule has 0 atom stereocenters. The van der Waals surface area contributed by atoms with Gasteiger partial charge in [0.15, 0.2) is 11.6 Å². The highest BCUT2D eigenvalue weighted by Crippen LogP contribution is 2.25. The van der Waals surface area contributed by atoms with Crippen molar-refractivity contribution in [1.82, 2.24) is 0 Å². The summed E-state index contributed by atoms with van der Waals surface area (Å²) in [6.07, 6.45) is 10.7. The summed E-state index contributed by atoms with van der Waals surface area (Å²) >= 11 is 0. The van der Waals surface area contributed by atoms with Gasteiger partial charge in [-0.1, -0.05) is 64.9 Å². The molecule has 4 heteroatoms. The van der Waals surface area contributed by atoms with E-state index in [0.717, 1.165) is 32.1 Å². The van der Waals surface area contributed by atoms with Gasteiger partial charge in [0.1, 0.15) is 11.1 Å². The number of ether oxygens (including phenoxy) is 1. The van der Waals surface area contributed by atoms with Crippen LogP contribution in [0, 0.1) is 5.82 Å². The van der Waals surface area contributed by atoms with Crippen molar-refractivity contribution in [2.45, 2.75) is 78.1 Å². The fourth-order valence-corrected chi connectivity index (χ4v) is 3.12. The predicted molar refractivity (Wildman–Crippen MR) is 105 cm³/mol. The van der Waals surface area contributed by atoms with Crippen LogP contribution in [0.4, 0.5) is 4.39 Å². The second kappa shape index (κ2) is 11.0. The van der Waals surface area contributed by atoms with Gasteiger partial charge in [-0.25, -0.2) is 9.18 Å². The molecule has 2 aromatic rings. The third kappa shape index (κ3) is 5.86. The summed E-state index contributed by atoms with van der Waals surface area (Å²) in [6, 6.07) is 5.14. The number of hydrogen-bond donors (Lipinski definition) is 0. The van der Waals surface area contributed by atoms with E-state index in [1.165, 1.54) is 25.7 Å². The lowest BCUT2D eigenvalue weighted by molar-refractivity contribution is 0.291. The largest absolute Gasteiger partial charge is 0.490 e. The molecule has 1 aromatic heterocycles. The molecule has 0 bridgehead atoms. The third-order valence-electron chi connectivity index (χ3n) is 4.67. The SMILES string of the molecule is CCCCCCCOc1ccc2cc(CCCCCC)oc(=O)c2c1F. The van der Waals surface area contributed by atoms with E-state index in [-0.39, 0.29) is 11.1 Å². The lowest BCUT2D eigenvalue weighted by atomic mass is 10.1. The highest BCUT2D eigenvalue weighted by Gasteiger charge is 2.14. The lowest BCUT2D eigenvalue weighted by Gasteiger charge is -2.09. The van der Waals surface area contributed by atoms with E-state index >= 15 is 0 Å². The monoisotopic (exact) mass is 362 g/mol. The number of unbranched alkanes of at least 4 members (excludes halogenated alkanes) is 7. The minimum Gasteiger partial charge on any atom is -0.490 e. The van der Waals surface area contributed by atoms with E-state index in [1.807, 2.05) is 0 Å². The standard InChI is InChI=1S/C22H31FO3/c1-3-5-7-9-11-15-25-19-14-13-17-16-18(12-10-8-6-4-2)26-22(24)20(17)21(19)23/h13-14,16H,3-12,15H2,1-2H3. The molecule has 0 saturated heterocycles. The highest BCUT2D eigenvalue weighted by atomic mass is 19.1. The van der Waals surface area contributed by atoms with Crippen molar-refractivity contribution in [3.05, 3.63) is 40.2 Å². The van der Waals surface area contributed by atoms with Crippen molar-refractivity contribution in [2.24, 2.45) is 0 Å². The topological polar surface area (TPSA) is 39.4 Å². The number of rotatable bonds is 12. The number of hydrogen-bond acceptors (Lipinski definition) is 3. The smallest absolute Gasteiger partial charge is 0.346 e. The van der Waals surface area contributed by atoms with Crippen molar-refractivity contribution in [1.29, 1.82) is 0 Å². The van der Waals surface area contributed by atoms with Gasteiger partial charge in [0.2, 0.25) is 0 Å². The van der Waals surface area contributed by atoms with Crippen LogP contribution >= 0.6 is 0 Å². The van der Waals surface area contributed by atoms with Crippen molar-refractivity contribution in [3.63, 3.8) is 0 Å². The maximum absolute atomic E-state index is 14.7. The van der Waals surface area contributed by atoms with Gasteiger partial charge in [0, 0.05) is 6.42 Å². The molecule has 0 N–H and O–H groups in total. The molecule has 0 aliphatic heterocycles. The molecular weight excluding hydrogens is 331 g/mol. The summed E-state index contributed by atoms with van der Waals surface area (Å²) in [4.78, 5) is 12.2. The second-order valence-electron chi connectivity index (χ2n) is 6.92. The highest BCUT2D eigenvalue weighted by molar-refractivity contribution is 5.83. The lowest BCUT2D eigenvalue weighted by Crippen LogP contribution is -2.07. The van der Waals surface area contributed by atoms with Gasteiger partial charge in [-0.2, -0.15) is 0 Å². The minimum atomic E-state index is -0.612. The van der Waals surface area contributed by atoms with Crippen molar-refractivity contribution in [3.8, 4) is 5.75 Å². The molecule has 0 fully saturated rings. The quantitative estimate of drug-likeness (QED) is 0.410. The first-order valence-electron chi connectivity index (χ1n) is 10.0. The van der Waals surface area contributed by atoms with Gasteiger partial charge < -0.3 is 9.15 Å². The Labute approximate surface area is 155 Å². The first-order chi connectivity index (χ1) is 12.7. The zero-order valence-electron chi connectivity index (χ0n) is 16.1. The Morgan fingerprint density at radius 2 is 1.65 bits per heavy atom. The number of aryl methyl sites for hydroxylation is 1. The third-order valence-corrected chi connectivity index (χ3v) is 4.67. The zero-order valence-corrected chi connectivity index (χ0v) is 16.1. The van der Waals surface area contributed by atoms with Crippen LogP contribution in [0.3, 0.4) is 0 Å². The van der Waals surface area contributed by atoms with Crippen LogP contribution in [-0.4, -0.2) is 6.61 Å². The van der Waals surface area contributed by atoms with Gasteiger partial charge in [-0.3, -0.25) is 0 Å². The number of benzene rings is 1. The average molecular weight is 362 g/mol. The van der Waals surface area contributed by atoms with Crippen LogP contribution in [0.15, 0.2) is 27.4 Å². The predicted octanol–water partition coefficient (Wildman–Crippen LogP) is 6.40. The summed E-state index contributed by atoms with van der Waals surface area (Å²) in [6.45, 7) is 4.79. The van der Waals surface area contributed by atoms with E-state index < -0.39 is 11.4 Å². The van der Waals surface area contributed by atoms with E-state index in [2.05, 4.69) is 13.8 Å². The van der Waals surface area contributed by atoms with Crippen molar-refractivity contribution in [2.75, 3.05) is 6.61 Å². The molecule has 1 aromatic carbocycles. The molecule has 1 heterocycles. The van der Waals surface area contributed by atoms with Gasteiger partial charge in [0.25, 0.3) is 0 Å². The first-order valence-corrected chi connectivity index (χ1v) is 10.0. The Hall–Kier alpha value is -1.84. The molecule has 3 nitrogen and oxygen atoms in total. The summed E-state index contributed by atoms with van der Waals surface area (Å²) in [7, 11) is 0. The molecule has 0 aliphatic carbocycles. The Morgan fingerprint density at radius 1 is 0.962 bits per heavy atom. The van der Waals surface area contributed by atoms with E-state index in [0.29, 0.717) is 24.2 Å². The summed E-state index contributed by atoms with van der Waals surface area (Å²) in [5.74, 6) is 0.154.